The van der Waals surface area contributed by atoms with Crippen molar-refractivity contribution in [1.29, 1.82) is 0 Å². The van der Waals surface area contributed by atoms with Crippen LogP contribution in [0.3, 0.4) is 0 Å². The summed E-state index contributed by atoms with van der Waals surface area (Å²) in [6.07, 6.45) is 1.62. The van der Waals surface area contributed by atoms with Crippen LogP contribution in [0.1, 0.15) is 19.4 Å². The van der Waals surface area contributed by atoms with Crippen LogP contribution in [0, 0.1) is 3.57 Å². The molecule has 3 rings (SSSR count). The molecule has 0 saturated carbocycles. The van der Waals surface area contributed by atoms with Gasteiger partial charge in [0.2, 0.25) is 5.91 Å². The van der Waals surface area contributed by atoms with E-state index in [4.69, 9.17) is 9.47 Å². The minimum Gasteiger partial charge on any atom is -0.490 e. The third kappa shape index (κ3) is 6.04. The molecule has 1 N–H and O–H groups in total. The van der Waals surface area contributed by atoms with E-state index in [0.29, 0.717) is 36.0 Å². The number of benzene rings is 2. The molecule has 0 aromatic heterocycles. The SMILES string of the molecule is CCOc1cc(/C=C2/SC(=O)N(CC(=O)Nc3ccc(Br)cc3)C2=O)cc(I)c1OCC. The van der Waals surface area contributed by atoms with E-state index in [0.717, 1.165) is 24.7 Å². The van der Waals surface area contributed by atoms with Crippen molar-refractivity contribution in [3.05, 3.63) is 54.9 Å². The molecular weight excluding hydrogens is 611 g/mol. The number of nitrogens with zero attached hydrogens (tertiary/aromatic N) is 1. The van der Waals surface area contributed by atoms with Crippen LogP contribution in [0.15, 0.2) is 45.8 Å². The van der Waals surface area contributed by atoms with E-state index in [1.54, 1.807) is 36.4 Å². The van der Waals surface area contributed by atoms with Crippen molar-refractivity contribution in [1.82, 2.24) is 4.90 Å². The molecule has 1 aliphatic rings. The van der Waals surface area contributed by atoms with E-state index < -0.39 is 17.1 Å². The van der Waals surface area contributed by atoms with E-state index >= 15 is 0 Å². The number of carbonyl (C=O) groups excluding carboxylic acids is 3. The molecule has 0 radical (unpaired) electrons. The molecule has 0 unspecified atom stereocenters. The molecule has 1 heterocycles. The number of hydrogen-bond donors (Lipinski definition) is 1. The molecule has 0 atom stereocenters. The first kappa shape index (κ1) is 24.6. The second kappa shape index (κ2) is 11.2. The van der Waals surface area contributed by atoms with Crippen LogP contribution in [0.4, 0.5) is 10.5 Å². The van der Waals surface area contributed by atoms with Crippen LogP contribution < -0.4 is 14.8 Å². The summed E-state index contributed by atoms with van der Waals surface area (Å²) in [7, 11) is 0. The minimum atomic E-state index is -0.507. The van der Waals surface area contributed by atoms with Gasteiger partial charge in [-0.25, -0.2) is 0 Å². The predicted octanol–water partition coefficient (Wildman–Crippen LogP) is 5.53. The van der Waals surface area contributed by atoms with Gasteiger partial charge in [-0.3, -0.25) is 19.3 Å². The summed E-state index contributed by atoms with van der Waals surface area (Å²) in [5.74, 6) is 0.253. The maximum atomic E-state index is 12.8. The van der Waals surface area contributed by atoms with Gasteiger partial charge in [-0.15, -0.1) is 0 Å². The Kier molecular flexibility index (Phi) is 8.60. The number of thioether (sulfide) groups is 1. The zero-order valence-corrected chi connectivity index (χ0v) is 21.9. The second-order valence-electron chi connectivity index (χ2n) is 6.52. The molecule has 2 aromatic rings. The van der Waals surface area contributed by atoms with E-state index in [2.05, 4.69) is 43.8 Å². The largest absolute Gasteiger partial charge is 0.490 e. The van der Waals surface area contributed by atoms with Crippen molar-refractivity contribution in [2.45, 2.75) is 13.8 Å². The number of hydrogen-bond acceptors (Lipinski definition) is 6. The van der Waals surface area contributed by atoms with Gasteiger partial charge in [0, 0.05) is 10.2 Å². The van der Waals surface area contributed by atoms with Gasteiger partial charge in [0.05, 0.1) is 21.7 Å². The van der Waals surface area contributed by atoms with Gasteiger partial charge in [0.15, 0.2) is 11.5 Å². The highest BCUT2D eigenvalue weighted by molar-refractivity contribution is 14.1. The first-order valence-corrected chi connectivity index (χ1v) is 12.4. The predicted molar refractivity (Wildman–Crippen MR) is 137 cm³/mol. The number of carbonyl (C=O) groups is 3. The number of ether oxygens (including phenoxy) is 2. The fraction of sp³-hybridized carbons (Fsp3) is 0.227. The molecule has 2 aromatic carbocycles. The summed E-state index contributed by atoms with van der Waals surface area (Å²) in [5, 5.41) is 2.19. The minimum absolute atomic E-state index is 0.244. The number of imide groups is 1. The third-order valence-corrected chi connectivity index (χ3v) is 6.46. The van der Waals surface area contributed by atoms with E-state index in [-0.39, 0.29) is 11.4 Å². The van der Waals surface area contributed by atoms with Gasteiger partial charge in [-0.2, -0.15) is 0 Å². The van der Waals surface area contributed by atoms with Crippen molar-refractivity contribution < 1.29 is 23.9 Å². The average Bonchev–Trinajstić information content (AvgIpc) is 3.00. The van der Waals surface area contributed by atoms with Crippen LogP contribution in [-0.2, 0) is 9.59 Å². The van der Waals surface area contributed by atoms with Crippen LogP contribution in [0.25, 0.3) is 6.08 Å². The smallest absolute Gasteiger partial charge is 0.294 e. The standard InChI is InChI=1S/C22H20BrIN2O5S/c1-3-30-17-10-13(9-16(24)20(17)31-4-2)11-18-21(28)26(22(29)32-18)12-19(27)25-15-7-5-14(23)6-8-15/h5-11H,3-4,12H2,1-2H3,(H,25,27)/b18-11+. The zero-order chi connectivity index (χ0) is 23.3. The summed E-state index contributed by atoms with van der Waals surface area (Å²) in [5.41, 5.74) is 1.28. The van der Waals surface area contributed by atoms with E-state index in [1.165, 1.54) is 0 Å². The molecule has 168 valence electrons. The highest BCUT2D eigenvalue weighted by Gasteiger charge is 2.36. The van der Waals surface area contributed by atoms with Crippen molar-refractivity contribution in [2.75, 3.05) is 25.1 Å². The number of halogens is 2. The van der Waals surface area contributed by atoms with Gasteiger partial charge in [-0.1, -0.05) is 15.9 Å². The lowest BCUT2D eigenvalue weighted by atomic mass is 10.2. The average molecular weight is 631 g/mol. The first-order chi connectivity index (χ1) is 15.3. The molecule has 3 amide bonds. The molecule has 1 fully saturated rings. The molecule has 0 aliphatic carbocycles. The van der Waals surface area contributed by atoms with E-state index in [1.807, 2.05) is 19.9 Å². The Bertz CT molecular complexity index is 1070. The van der Waals surface area contributed by atoms with Gasteiger partial charge in [0.1, 0.15) is 6.54 Å². The zero-order valence-electron chi connectivity index (χ0n) is 17.3. The summed E-state index contributed by atoms with van der Waals surface area (Å²) >= 11 is 6.27. The Hall–Kier alpha value is -2.05. The van der Waals surface area contributed by atoms with Crippen LogP contribution >= 0.6 is 50.3 Å². The fourth-order valence-electron chi connectivity index (χ4n) is 2.88. The van der Waals surface area contributed by atoms with Crippen LogP contribution in [0.5, 0.6) is 11.5 Å². The third-order valence-electron chi connectivity index (χ3n) is 4.22. The number of nitrogens with one attached hydrogen (secondary N) is 1. The lowest BCUT2D eigenvalue weighted by molar-refractivity contribution is -0.127. The molecule has 1 saturated heterocycles. The molecule has 1 aliphatic heterocycles. The summed E-state index contributed by atoms with van der Waals surface area (Å²) < 4.78 is 13.0. The fourth-order valence-corrected chi connectivity index (χ4v) is 4.77. The monoisotopic (exact) mass is 630 g/mol. The van der Waals surface area contributed by atoms with Crippen LogP contribution in [0.2, 0.25) is 0 Å². The number of anilines is 1. The van der Waals surface area contributed by atoms with Crippen molar-refractivity contribution >= 4 is 79.1 Å². The summed E-state index contributed by atoms with van der Waals surface area (Å²) in [4.78, 5) is 38.7. The van der Waals surface area contributed by atoms with Crippen molar-refractivity contribution in [3.63, 3.8) is 0 Å². The highest BCUT2D eigenvalue weighted by Crippen LogP contribution is 2.37. The molecule has 10 heteroatoms. The summed E-state index contributed by atoms with van der Waals surface area (Å²) in [6, 6.07) is 10.6. The van der Waals surface area contributed by atoms with Crippen molar-refractivity contribution in [3.8, 4) is 11.5 Å². The lowest BCUT2D eigenvalue weighted by Gasteiger charge is -2.14. The second-order valence-corrected chi connectivity index (χ2v) is 9.59. The molecule has 7 nitrogen and oxygen atoms in total. The normalized spacial score (nSPS) is 14.8. The van der Waals surface area contributed by atoms with E-state index in [9.17, 15) is 14.4 Å². The maximum Gasteiger partial charge on any atom is 0.294 e. The number of amides is 3. The Balaban J connectivity index is 1.76. The summed E-state index contributed by atoms with van der Waals surface area (Å²) in [6.45, 7) is 4.37. The lowest BCUT2D eigenvalue weighted by Crippen LogP contribution is -2.36. The molecular formula is C22H20BrIN2O5S. The molecule has 32 heavy (non-hydrogen) atoms. The molecule has 0 spiro atoms. The Morgan fingerprint density at radius 2 is 1.84 bits per heavy atom. The van der Waals surface area contributed by atoms with Crippen LogP contribution in [-0.4, -0.2) is 41.7 Å². The van der Waals surface area contributed by atoms with Gasteiger partial charge >= 0.3 is 0 Å². The number of rotatable bonds is 8. The highest BCUT2D eigenvalue weighted by atomic mass is 127. The topological polar surface area (TPSA) is 84.9 Å². The van der Waals surface area contributed by atoms with Gasteiger partial charge in [0.25, 0.3) is 11.1 Å². The Labute approximate surface area is 212 Å². The maximum absolute atomic E-state index is 12.8. The van der Waals surface area contributed by atoms with Gasteiger partial charge < -0.3 is 14.8 Å². The van der Waals surface area contributed by atoms with Crippen molar-refractivity contribution in [2.24, 2.45) is 0 Å². The Morgan fingerprint density at radius 1 is 1.16 bits per heavy atom. The molecule has 0 bridgehead atoms. The Morgan fingerprint density at radius 3 is 2.50 bits per heavy atom. The quantitative estimate of drug-likeness (QED) is 0.305. The van der Waals surface area contributed by atoms with Gasteiger partial charge in [-0.05, 0) is 96.2 Å². The first-order valence-electron chi connectivity index (χ1n) is 9.72.